The van der Waals surface area contributed by atoms with Crippen molar-refractivity contribution in [3.63, 3.8) is 0 Å². The summed E-state index contributed by atoms with van der Waals surface area (Å²) in [6.07, 6.45) is 4.73. The van der Waals surface area contributed by atoms with E-state index in [2.05, 4.69) is 11.8 Å². The van der Waals surface area contributed by atoms with Gasteiger partial charge >= 0.3 is 0 Å². The molecule has 0 aromatic heterocycles. The monoisotopic (exact) mass is 401 g/mol. The normalized spacial score (nSPS) is 21.0. The molecule has 2 aliphatic heterocycles. The highest BCUT2D eigenvalue weighted by molar-refractivity contribution is 6.32. The Hall–Kier alpha value is -2.37. The van der Waals surface area contributed by atoms with E-state index in [0.29, 0.717) is 29.5 Å². The van der Waals surface area contributed by atoms with Crippen molar-refractivity contribution in [2.24, 2.45) is 0 Å². The third-order valence-corrected chi connectivity index (χ3v) is 5.82. The Labute approximate surface area is 168 Å². The van der Waals surface area contributed by atoms with E-state index in [1.54, 1.807) is 12.1 Å². The summed E-state index contributed by atoms with van der Waals surface area (Å²) in [6, 6.07) is 7.79. The average Bonchev–Trinajstić information content (AvgIpc) is 2.98. The molecule has 2 aromatic rings. The number of hydrogen-bond donors (Lipinski definition) is 1. The molecule has 0 spiro atoms. The van der Waals surface area contributed by atoms with Gasteiger partial charge in [0.25, 0.3) is 0 Å². The molecule has 28 heavy (non-hydrogen) atoms. The standard InChI is InChI=1S/C22H21ClFNO3/c1-13-5-2-3-10-25(13)12-16-19(26)9-8-14-21(27)20(28-22(14)16)11-15-17(23)6-4-7-18(15)24/h4,6-9,11,13,26H,2-3,5,10,12H2,1H3/t13-/m0/s1. The molecular formula is C22H21ClFNO3. The molecule has 146 valence electrons. The second kappa shape index (κ2) is 7.57. The van der Waals surface area contributed by atoms with Crippen LogP contribution in [-0.2, 0) is 6.54 Å². The third-order valence-electron chi connectivity index (χ3n) is 5.49. The van der Waals surface area contributed by atoms with Crippen LogP contribution in [0.5, 0.6) is 11.5 Å². The molecule has 2 aromatic carbocycles. The molecule has 0 radical (unpaired) electrons. The molecule has 4 rings (SSSR count). The lowest BCUT2D eigenvalue weighted by atomic mass is 10.0. The Balaban J connectivity index is 1.70. The fourth-order valence-electron chi connectivity index (χ4n) is 3.82. The molecular weight excluding hydrogens is 381 g/mol. The van der Waals surface area contributed by atoms with Crippen LogP contribution in [0.15, 0.2) is 36.1 Å². The third kappa shape index (κ3) is 3.40. The fourth-order valence-corrected chi connectivity index (χ4v) is 4.04. The number of halogens is 2. The minimum Gasteiger partial charge on any atom is -0.507 e. The van der Waals surface area contributed by atoms with Gasteiger partial charge in [-0.25, -0.2) is 4.39 Å². The number of allylic oxidation sites excluding steroid dienone is 1. The maximum atomic E-state index is 14.1. The van der Waals surface area contributed by atoms with Crippen LogP contribution < -0.4 is 4.74 Å². The number of carbonyl (C=O) groups excluding carboxylic acids is 1. The number of piperidine rings is 1. The van der Waals surface area contributed by atoms with Crippen LogP contribution in [0.25, 0.3) is 6.08 Å². The van der Waals surface area contributed by atoms with Crippen LogP contribution in [0, 0.1) is 5.82 Å². The van der Waals surface area contributed by atoms with Crippen LogP contribution in [0.4, 0.5) is 4.39 Å². The molecule has 0 amide bonds. The number of nitrogens with zero attached hydrogens (tertiary/aromatic N) is 1. The van der Waals surface area contributed by atoms with Gasteiger partial charge in [-0.1, -0.05) is 24.1 Å². The molecule has 1 N–H and O–H groups in total. The Morgan fingerprint density at radius 1 is 1.32 bits per heavy atom. The second-order valence-electron chi connectivity index (χ2n) is 7.33. The first kappa shape index (κ1) is 19.0. The van der Waals surface area contributed by atoms with Crippen LogP contribution in [0.3, 0.4) is 0 Å². The van der Waals surface area contributed by atoms with Crippen molar-refractivity contribution < 1.29 is 19.0 Å². The molecule has 0 unspecified atom stereocenters. The van der Waals surface area contributed by atoms with E-state index in [-0.39, 0.29) is 27.9 Å². The number of phenols is 1. The van der Waals surface area contributed by atoms with Gasteiger partial charge in [0.15, 0.2) is 5.76 Å². The Morgan fingerprint density at radius 2 is 2.14 bits per heavy atom. The predicted octanol–water partition coefficient (Wildman–Crippen LogP) is 5.18. The number of rotatable bonds is 3. The van der Waals surface area contributed by atoms with Crippen molar-refractivity contribution in [2.45, 2.75) is 38.8 Å². The lowest BCUT2D eigenvalue weighted by Crippen LogP contribution is -2.36. The summed E-state index contributed by atoms with van der Waals surface area (Å²) in [6.45, 7) is 3.60. The first-order valence-corrected chi connectivity index (χ1v) is 9.80. The molecule has 2 aliphatic rings. The van der Waals surface area contributed by atoms with Gasteiger partial charge in [0.2, 0.25) is 5.78 Å². The highest BCUT2D eigenvalue weighted by Crippen LogP contribution is 2.41. The van der Waals surface area contributed by atoms with Crippen molar-refractivity contribution >= 4 is 23.5 Å². The molecule has 6 heteroatoms. The van der Waals surface area contributed by atoms with E-state index in [4.69, 9.17) is 16.3 Å². The number of carbonyl (C=O) groups is 1. The minimum atomic E-state index is -0.530. The highest BCUT2D eigenvalue weighted by Gasteiger charge is 2.33. The van der Waals surface area contributed by atoms with Crippen molar-refractivity contribution in [2.75, 3.05) is 6.54 Å². The summed E-state index contributed by atoms with van der Waals surface area (Å²) < 4.78 is 19.9. The van der Waals surface area contributed by atoms with Gasteiger partial charge < -0.3 is 9.84 Å². The van der Waals surface area contributed by atoms with Crippen molar-refractivity contribution in [3.05, 3.63) is 63.6 Å². The number of benzene rings is 2. The first-order valence-electron chi connectivity index (χ1n) is 9.43. The van der Waals surface area contributed by atoms with Crippen LogP contribution in [0.2, 0.25) is 5.02 Å². The zero-order valence-corrected chi connectivity index (χ0v) is 16.3. The van der Waals surface area contributed by atoms with Gasteiger partial charge in [-0.3, -0.25) is 9.69 Å². The minimum absolute atomic E-state index is 0.000502. The molecule has 1 fully saturated rings. The highest BCUT2D eigenvalue weighted by atomic mass is 35.5. The maximum Gasteiger partial charge on any atom is 0.231 e. The van der Waals surface area contributed by atoms with Gasteiger partial charge in [0.05, 0.1) is 16.1 Å². The largest absolute Gasteiger partial charge is 0.507 e. The van der Waals surface area contributed by atoms with Gasteiger partial charge in [-0.15, -0.1) is 0 Å². The first-order chi connectivity index (χ1) is 13.5. The van der Waals surface area contributed by atoms with Gasteiger partial charge in [-0.2, -0.15) is 0 Å². The molecule has 1 atom stereocenters. The number of hydrogen-bond acceptors (Lipinski definition) is 4. The SMILES string of the molecule is C[C@H]1CCCCN1Cc1c(O)ccc2c1OC(=Cc1c(F)cccc1Cl)C2=O. The molecule has 0 bridgehead atoms. The van der Waals surface area contributed by atoms with Gasteiger partial charge in [0, 0.05) is 18.2 Å². The van der Waals surface area contributed by atoms with Crippen molar-refractivity contribution in [3.8, 4) is 11.5 Å². The number of fused-ring (bicyclic) bond motifs is 1. The summed E-state index contributed by atoms with van der Waals surface area (Å²) >= 11 is 6.07. The number of aromatic hydroxyl groups is 1. The van der Waals surface area contributed by atoms with E-state index in [0.717, 1.165) is 19.4 Å². The molecule has 4 nitrogen and oxygen atoms in total. The summed E-state index contributed by atoms with van der Waals surface area (Å²) in [4.78, 5) is 15.1. The maximum absolute atomic E-state index is 14.1. The second-order valence-corrected chi connectivity index (χ2v) is 7.74. The van der Waals surface area contributed by atoms with E-state index in [9.17, 15) is 14.3 Å². The summed E-state index contributed by atoms with van der Waals surface area (Å²) in [5, 5.41) is 10.6. The smallest absolute Gasteiger partial charge is 0.231 e. The molecule has 1 saturated heterocycles. The zero-order chi connectivity index (χ0) is 19.8. The van der Waals surface area contributed by atoms with Gasteiger partial charge in [-0.05, 0) is 56.7 Å². The zero-order valence-electron chi connectivity index (χ0n) is 15.5. The predicted molar refractivity (Wildman–Crippen MR) is 106 cm³/mol. The lowest BCUT2D eigenvalue weighted by Gasteiger charge is -2.33. The van der Waals surface area contributed by atoms with E-state index in [1.807, 2.05) is 0 Å². The quantitative estimate of drug-likeness (QED) is 0.720. The number of likely N-dealkylation sites (tertiary alicyclic amines) is 1. The fraction of sp³-hybridized carbons (Fsp3) is 0.318. The Morgan fingerprint density at radius 3 is 2.89 bits per heavy atom. The van der Waals surface area contributed by atoms with Crippen LogP contribution in [-0.4, -0.2) is 28.4 Å². The molecule has 0 aliphatic carbocycles. The van der Waals surface area contributed by atoms with E-state index < -0.39 is 5.82 Å². The molecule has 2 heterocycles. The van der Waals surface area contributed by atoms with E-state index >= 15 is 0 Å². The lowest BCUT2D eigenvalue weighted by molar-refractivity contribution is 0.101. The van der Waals surface area contributed by atoms with Crippen molar-refractivity contribution in [1.29, 1.82) is 0 Å². The van der Waals surface area contributed by atoms with Crippen LogP contribution in [0.1, 0.15) is 47.7 Å². The Bertz CT molecular complexity index is 952. The number of ketones is 1. The Kier molecular flexibility index (Phi) is 5.13. The number of phenolic OH excluding ortho intramolecular Hbond substituents is 1. The average molecular weight is 402 g/mol. The molecule has 0 saturated carbocycles. The van der Waals surface area contributed by atoms with Crippen molar-refractivity contribution in [1.82, 2.24) is 4.90 Å². The number of Topliss-reactive ketones (excluding diaryl/α,β-unsaturated/α-hetero) is 1. The van der Waals surface area contributed by atoms with E-state index in [1.165, 1.54) is 30.7 Å². The van der Waals surface area contributed by atoms with Gasteiger partial charge in [0.1, 0.15) is 17.3 Å². The van der Waals surface area contributed by atoms with Crippen LogP contribution >= 0.6 is 11.6 Å². The summed E-state index contributed by atoms with van der Waals surface area (Å²) in [7, 11) is 0. The summed E-state index contributed by atoms with van der Waals surface area (Å²) in [5.41, 5.74) is 1.06. The number of ether oxygens (including phenoxy) is 1. The summed E-state index contributed by atoms with van der Waals surface area (Å²) in [5.74, 6) is -0.434. The topological polar surface area (TPSA) is 49.8 Å².